The summed E-state index contributed by atoms with van der Waals surface area (Å²) in [7, 11) is 0. The molecule has 0 unspecified atom stereocenters. The molecule has 0 saturated carbocycles. The van der Waals surface area contributed by atoms with Crippen LogP contribution in [0.4, 0.5) is 0 Å². The molecule has 2 atom stereocenters. The van der Waals surface area contributed by atoms with Gasteiger partial charge in [0.15, 0.2) is 0 Å². The smallest absolute Gasteiger partial charge is 0.0916 e. The molecule has 1 aromatic carbocycles. The first-order chi connectivity index (χ1) is 10.2. The number of hydrogen-bond acceptors (Lipinski definition) is 4. The summed E-state index contributed by atoms with van der Waals surface area (Å²) in [6, 6.07) is 10.4. The fraction of sp³-hybridized carbons (Fsp3) is 0.647. The zero-order chi connectivity index (χ0) is 15.1. The second kappa shape index (κ2) is 8.49. The lowest BCUT2D eigenvalue weighted by Gasteiger charge is -2.40. The predicted octanol–water partition coefficient (Wildman–Crippen LogP) is 1.76. The third-order valence-electron chi connectivity index (χ3n) is 4.19. The van der Waals surface area contributed by atoms with Gasteiger partial charge in [-0.25, -0.2) is 0 Å². The molecular formula is C17H28N2O2. The largest absolute Gasteiger partial charge is 0.387 e. The van der Waals surface area contributed by atoms with Gasteiger partial charge >= 0.3 is 0 Å². The molecular weight excluding hydrogens is 264 g/mol. The summed E-state index contributed by atoms with van der Waals surface area (Å²) < 4.78 is 5.44. The second-order valence-electron chi connectivity index (χ2n) is 5.77. The van der Waals surface area contributed by atoms with Crippen molar-refractivity contribution in [2.24, 2.45) is 0 Å². The van der Waals surface area contributed by atoms with E-state index >= 15 is 0 Å². The highest BCUT2D eigenvalue weighted by Gasteiger charge is 2.24. The monoisotopic (exact) mass is 292 g/mol. The predicted molar refractivity (Wildman–Crippen MR) is 85.4 cm³/mol. The number of rotatable bonds is 7. The Morgan fingerprint density at radius 1 is 1.29 bits per heavy atom. The fourth-order valence-electron chi connectivity index (χ4n) is 2.92. The summed E-state index contributed by atoms with van der Waals surface area (Å²) in [6.07, 6.45) is -0.395. The SMILES string of the molecule is CCOCCN1CCN(C[C@@H](O)c2ccccc2)C[C@H]1C. The summed E-state index contributed by atoms with van der Waals surface area (Å²) in [5.74, 6) is 0. The normalized spacial score (nSPS) is 22.3. The lowest BCUT2D eigenvalue weighted by atomic mass is 10.1. The minimum atomic E-state index is -0.395. The van der Waals surface area contributed by atoms with Crippen molar-refractivity contribution in [2.75, 3.05) is 45.9 Å². The molecule has 0 bridgehead atoms. The Morgan fingerprint density at radius 3 is 2.71 bits per heavy atom. The summed E-state index contributed by atoms with van der Waals surface area (Å²) in [4.78, 5) is 4.83. The molecule has 0 aliphatic carbocycles. The van der Waals surface area contributed by atoms with Crippen LogP contribution in [0.25, 0.3) is 0 Å². The van der Waals surface area contributed by atoms with Crippen LogP contribution >= 0.6 is 0 Å². The number of piperazine rings is 1. The van der Waals surface area contributed by atoms with Gasteiger partial charge < -0.3 is 9.84 Å². The van der Waals surface area contributed by atoms with Gasteiger partial charge in [0.25, 0.3) is 0 Å². The molecule has 0 aromatic heterocycles. The number of β-amino-alcohol motifs (C(OH)–C–C–N with tert-alkyl or cyclic N) is 1. The molecule has 1 heterocycles. The first-order valence-electron chi connectivity index (χ1n) is 7.98. The van der Waals surface area contributed by atoms with Gasteiger partial charge in [-0.3, -0.25) is 9.80 Å². The highest BCUT2D eigenvalue weighted by atomic mass is 16.5. The van der Waals surface area contributed by atoms with Gasteiger partial charge in [-0.2, -0.15) is 0 Å². The quantitative estimate of drug-likeness (QED) is 0.777. The van der Waals surface area contributed by atoms with E-state index in [0.29, 0.717) is 12.6 Å². The minimum absolute atomic E-state index is 0.395. The molecule has 0 spiro atoms. The lowest BCUT2D eigenvalue weighted by molar-refractivity contribution is 0.0280. The maximum Gasteiger partial charge on any atom is 0.0916 e. The number of aliphatic hydroxyl groups excluding tert-OH is 1. The Labute approximate surface area is 128 Å². The van der Waals surface area contributed by atoms with Crippen LogP contribution in [-0.4, -0.2) is 66.9 Å². The topological polar surface area (TPSA) is 35.9 Å². The van der Waals surface area contributed by atoms with Gasteiger partial charge in [-0.05, 0) is 19.4 Å². The molecule has 1 aliphatic rings. The fourth-order valence-corrected chi connectivity index (χ4v) is 2.92. The van der Waals surface area contributed by atoms with Crippen molar-refractivity contribution in [1.82, 2.24) is 9.80 Å². The highest BCUT2D eigenvalue weighted by Crippen LogP contribution is 2.16. The van der Waals surface area contributed by atoms with Crippen molar-refractivity contribution >= 4 is 0 Å². The molecule has 4 heteroatoms. The van der Waals surface area contributed by atoms with Crippen LogP contribution in [0.5, 0.6) is 0 Å². The number of benzene rings is 1. The van der Waals surface area contributed by atoms with E-state index in [4.69, 9.17) is 4.74 Å². The van der Waals surface area contributed by atoms with Crippen LogP contribution in [0.2, 0.25) is 0 Å². The molecule has 21 heavy (non-hydrogen) atoms. The van der Waals surface area contributed by atoms with Crippen molar-refractivity contribution in [3.8, 4) is 0 Å². The van der Waals surface area contributed by atoms with E-state index in [1.54, 1.807) is 0 Å². The van der Waals surface area contributed by atoms with Crippen molar-refractivity contribution in [1.29, 1.82) is 0 Å². The molecule has 2 rings (SSSR count). The Kier molecular flexibility index (Phi) is 6.64. The zero-order valence-electron chi connectivity index (χ0n) is 13.2. The van der Waals surface area contributed by atoms with Crippen LogP contribution in [0, 0.1) is 0 Å². The molecule has 118 valence electrons. The van der Waals surface area contributed by atoms with Crippen LogP contribution in [0.1, 0.15) is 25.5 Å². The lowest BCUT2D eigenvalue weighted by Crippen LogP contribution is -2.53. The maximum absolute atomic E-state index is 10.3. The average Bonchev–Trinajstić information content (AvgIpc) is 2.50. The molecule has 0 amide bonds. The Balaban J connectivity index is 1.77. The van der Waals surface area contributed by atoms with Crippen LogP contribution < -0.4 is 0 Å². The van der Waals surface area contributed by atoms with Gasteiger partial charge in [0.1, 0.15) is 0 Å². The van der Waals surface area contributed by atoms with E-state index < -0.39 is 6.10 Å². The first-order valence-corrected chi connectivity index (χ1v) is 7.98. The third kappa shape index (κ3) is 5.08. The van der Waals surface area contributed by atoms with Gasteiger partial charge in [0.2, 0.25) is 0 Å². The Morgan fingerprint density at radius 2 is 2.05 bits per heavy atom. The van der Waals surface area contributed by atoms with Crippen molar-refractivity contribution in [2.45, 2.75) is 26.0 Å². The van der Waals surface area contributed by atoms with Crippen molar-refractivity contribution in [3.05, 3.63) is 35.9 Å². The van der Waals surface area contributed by atoms with E-state index in [1.807, 2.05) is 37.3 Å². The van der Waals surface area contributed by atoms with Gasteiger partial charge in [0, 0.05) is 45.4 Å². The summed E-state index contributed by atoms with van der Waals surface area (Å²) >= 11 is 0. The molecule has 1 fully saturated rings. The number of nitrogens with zero attached hydrogens (tertiary/aromatic N) is 2. The summed E-state index contributed by atoms with van der Waals surface area (Å²) in [5, 5.41) is 10.3. The zero-order valence-corrected chi connectivity index (χ0v) is 13.2. The average molecular weight is 292 g/mol. The van der Waals surface area contributed by atoms with Gasteiger partial charge in [-0.15, -0.1) is 0 Å². The molecule has 1 saturated heterocycles. The van der Waals surface area contributed by atoms with Crippen LogP contribution in [-0.2, 0) is 4.74 Å². The Bertz CT molecular complexity index is 399. The summed E-state index contributed by atoms with van der Waals surface area (Å²) in [6.45, 7) is 10.7. The van der Waals surface area contributed by atoms with Crippen molar-refractivity contribution in [3.63, 3.8) is 0 Å². The van der Waals surface area contributed by atoms with E-state index in [2.05, 4.69) is 16.7 Å². The van der Waals surface area contributed by atoms with E-state index in [-0.39, 0.29) is 0 Å². The standard InChI is InChI=1S/C17H28N2O2/c1-3-21-12-11-19-10-9-18(13-15(19)2)14-17(20)16-7-5-4-6-8-16/h4-8,15,17,20H,3,9-14H2,1-2H3/t15-,17-/m1/s1. The maximum atomic E-state index is 10.3. The van der Waals surface area contributed by atoms with Crippen LogP contribution in [0.3, 0.4) is 0 Å². The molecule has 1 aliphatic heterocycles. The number of hydrogen-bond donors (Lipinski definition) is 1. The van der Waals surface area contributed by atoms with E-state index in [0.717, 1.165) is 45.0 Å². The number of aliphatic hydroxyl groups is 1. The Hall–Kier alpha value is -0.940. The minimum Gasteiger partial charge on any atom is -0.387 e. The highest BCUT2D eigenvalue weighted by molar-refractivity contribution is 5.17. The van der Waals surface area contributed by atoms with Crippen molar-refractivity contribution < 1.29 is 9.84 Å². The van der Waals surface area contributed by atoms with E-state index in [9.17, 15) is 5.11 Å². The third-order valence-corrected chi connectivity index (χ3v) is 4.19. The molecule has 1 N–H and O–H groups in total. The summed E-state index contributed by atoms with van der Waals surface area (Å²) in [5.41, 5.74) is 1.00. The second-order valence-corrected chi connectivity index (χ2v) is 5.77. The molecule has 1 aromatic rings. The molecule has 0 radical (unpaired) electrons. The van der Waals surface area contributed by atoms with Gasteiger partial charge in [0.05, 0.1) is 12.7 Å². The molecule has 4 nitrogen and oxygen atoms in total. The first kappa shape index (κ1) is 16.4. The van der Waals surface area contributed by atoms with Crippen LogP contribution in [0.15, 0.2) is 30.3 Å². The number of ether oxygens (including phenoxy) is 1. The van der Waals surface area contributed by atoms with Gasteiger partial charge in [-0.1, -0.05) is 30.3 Å². The van der Waals surface area contributed by atoms with E-state index in [1.165, 1.54) is 0 Å².